The minimum atomic E-state index is 0.748. The van der Waals surface area contributed by atoms with Crippen molar-refractivity contribution in [2.45, 2.75) is 83.7 Å². The predicted molar refractivity (Wildman–Crippen MR) is 87.8 cm³/mol. The van der Waals surface area contributed by atoms with Gasteiger partial charge in [0, 0.05) is 12.1 Å². The van der Waals surface area contributed by atoms with Crippen LogP contribution in [0.3, 0.4) is 0 Å². The van der Waals surface area contributed by atoms with E-state index in [0.717, 1.165) is 36.4 Å². The molecule has 0 spiro atoms. The third-order valence-corrected chi connectivity index (χ3v) is 6.20. The second-order valence-corrected chi connectivity index (χ2v) is 7.68. The van der Waals surface area contributed by atoms with Gasteiger partial charge in [-0.05, 0) is 63.5 Å². The lowest BCUT2D eigenvalue weighted by atomic mass is 9.82. The highest BCUT2D eigenvalue weighted by Gasteiger charge is 2.32. The van der Waals surface area contributed by atoms with Crippen LogP contribution in [0.2, 0.25) is 0 Å². The molecule has 0 heterocycles. The van der Waals surface area contributed by atoms with Gasteiger partial charge >= 0.3 is 0 Å². The molecule has 0 radical (unpaired) electrons. The van der Waals surface area contributed by atoms with Gasteiger partial charge < -0.3 is 10.6 Å². The SMILES string of the molecule is CC(C)C1CCCC(N(C)C2CCCCC2CN)CC1. The minimum Gasteiger partial charge on any atom is -0.330 e. The summed E-state index contributed by atoms with van der Waals surface area (Å²) >= 11 is 0. The van der Waals surface area contributed by atoms with E-state index in [0.29, 0.717) is 0 Å². The largest absolute Gasteiger partial charge is 0.330 e. The van der Waals surface area contributed by atoms with Crippen LogP contribution in [0.5, 0.6) is 0 Å². The van der Waals surface area contributed by atoms with E-state index in [1.807, 2.05) is 0 Å². The Bertz CT molecular complexity index is 277. The maximum Gasteiger partial charge on any atom is 0.0135 e. The van der Waals surface area contributed by atoms with E-state index in [-0.39, 0.29) is 0 Å². The molecule has 2 heteroatoms. The Kier molecular flexibility index (Phi) is 6.35. The van der Waals surface area contributed by atoms with Crippen molar-refractivity contribution in [1.29, 1.82) is 0 Å². The summed E-state index contributed by atoms with van der Waals surface area (Å²) in [4.78, 5) is 2.74. The van der Waals surface area contributed by atoms with Gasteiger partial charge in [-0.25, -0.2) is 0 Å². The van der Waals surface area contributed by atoms with E-state index >= 15 is 0 Å². The first kappa shape index (κ1) is 16.3. The zero-order valence-electron chi connectivity index (χ0n) is 14.0. The molecule has 2 rings (SSSR count). The number of rotatable bonds is 4. The fraction of sp³-hybridized carbons (Fsp3) is 1.00. The topological polar surface area (TPSA) is 29.3 Å². The van der Waals surface area contributed by atoms with Gasteiger partial charge in [0.25, 0.3) is 0 Å². The molecule has 0 aliphatic heterocycles. The zero-order chi connectivity index (χ0) is 14.5. The number of nitrogens with zero attached hydrogens (tertiary/aromatic N) is 1. The Balaban J connectivity index is 1.92. The number of nitrogens with two attached hydrogens (primary N) is 1. The zero-order valence-corrected chi connectivity index (χ0v) is 14.0. The molecule has 20 heavy (non-hydrogen) atoms. The van der Waals surface area contributed by atoms with E-state index in [1.165, 1.54) is 57.8 Å². The Morgan fingerprint density at radius 1 is 0.950 bits per heavy atom. The fourth-order valence-corrected chi connectivity index (χ4v) is 4.65. The summed E-state index contributed by atoms with van der Waals surface area (Å²) in [6.07, 6.45) is 12.7. The van der Waals surface area contributed by atoms with Crippen molar-refractivity contribution < 1.29 is 0 Å². The summed E-state index contributed by atoms with van der Waals surface area (Å²) in [5, 5.41) is 0. The molecule has 2 N–H and O–H groups in total. The number of hydrogen-bond acceptors (Lipinski definition) is 2. The van der Waals surface area contributed by atoms with Crippen molar-refractivity contribution >= 4 is 0 Å². The van der Waals surface area contributed by atoms with Gasteiger partial charge in [0.2, 0.25) is 0 Å². The Labute approximate surface area is 126 Å². The van der Waals surface area contributed by atoms with Gasteiger partial charge in [0.15, 0.2) is 0 Å². The normalized spacial score (nSPS) is 36.3. The van der Waals surface area contributed by atoms with E-state index in [9.17, 15) is 0 Å². The van der Waals surface area contributed by atoms with Gasteiger partial charge in [0.05, 0.1) is 0 Å². The van der Waals surface area contributed by atoms with E-state index in [2.05, 4.69) is 25.8 Å². The molecule has 0 aromatic carbocycles. The van der Waals surface area contributed by atoms with Crippen LogP contribution < -0.4 is 5.73 Å². The smallest absolute Gasteiger partial charge is 0.0135 e. The lowest BCUT2D eigenvalue weighted by Gasteiger charge is -2.41. The van der Waals surface area contributed by atoms with Gasteiger partial charge in [-0.15, -0.1) is 0 Å². The molecule has 2 aliphatic rings. The first-order valence-electron chi connectivity index (χ1n) is 9.05. The van der Waals surface area contributed by atoms with Crippen LogP contribution >= 0.6 is 0 Å². The molecule has 0 saturated heterocycles. The van der Waals surface area contributed by atoms with Crippen molar-refractivity contribution in [2.24, 2.45) is 23.5 Å². The average Bonchev–Trinajstić information content (AvgIpc) is 2.72. The molecular weight excluding hydrogens is 244 g/mol. The van der Waals surface area contributed by atoms with Crippen LogP contribution in [0, 0.1) is 17.8 Å². The molecule has 2 nitrogen and oxygen atoms in total. The minimum absolute atomic E-state index is 0.748. The summed E-state index contributed by atoms with van der Waals surface area (Å²) in [5.74, 6) is 2.58. The Morgan fingerprint density at radius 2 is 1.70 bits per heavy atom. The molecule has 4 unspecified atom stereocenters. The monoisotopic (exact) mass is 280 g/mol. The maximum atomic E-state index is 6.03. The highest BCUT2D eigenvalue weighted by molar-refractivity contribution is 4.87. The summed E-state index contributed by atoms with van der Waals surface area (Å²) in [7, 11) is 2.39. The third-order valence-electron chi connectivity index (χ3n) is 6.20. The quantitative estimate of drug-likeness (QED) is 0.787. The van der Waals surface area contributed by atoms with Crippen LogP contribution in [0.1, 0.15) is 71.6 Å². The van der Waals surface area contributed by atoms with Crippen molar-refractivity contribution in [2.75, 3.05) is 13.6 Å². The Hall–Kier alpha value is -0.0800. The highest BCUT2D eigenvalue weighted by atomic mass is 15.2. The Morgan fingerprint density at radius 3 is 2.40 bits per heavy atom. The van der Waals surface area contributed by atoms with Crippen LogP contribution in [-0.4, -0.2) is 30.6 Å². The second kappa shape index (κ2) is 7.79. The molecule has 4 atom stereocenters. The van der Waals surface area contributed by atoms with Gasteiger partial charge in [-0.2, -0.15) is 0 Å². The fourth-order valence-electron chi connectivity index (χ4n) is 4.65. The van der Waals surface area contributed by atoms with E-state index < -0.39 is 0 Å². The highest BCUT2D eigenvalue weighted by Crippen LogP contribution is 2.34. The summed E-state index contributed by atoms with van der Waals surface area (Å²) < 4.78 is 0. The molecule has 2 saturated carbocycles. The van der Waals surface area contributed by atoms with Crippen LogP contribution in [0.15, 0.2) is 0 Å². The average molecular weight is 280 g/mol. The van der Waals surface area contributed by atoms with Gasteiger partial charge in [-0.1, -0.05) is 39.5 Å². The van der Waals surface area contributed by atoms with Crippen LogP contribution in [0.4, 0.5) is 0 Å². The summed E-state index contributed by atoms with van der Waals surface area (Å²) in [6.45, 7) is 5.69. The molecule has 2 fully saturated rings. The lowest BCUT2D eigenvalue weighted by molar-refractivity contribution is 0.0836. The van der Waals surface area contributed by atoms with Crippen molar-refractivity contribution in [3.63, 3.8) is 0 Å². The van der Waals surface area contributed by atoms with Crippen molar-refractivity contribution in [3.8, 4) is 0 Å². The molecule has 2 aliphatic carbocycles. The van der Waals surface area contributed by atoms with Crippen molar-refractivity contribution in [1.82, 2.24) is 4.90 Å². The predicted octanol–water partition coefficient (Wildman–Crippen LogP) is 4.04. The van der Waals surface area contributed by atoms with E-state index in [4.69, 9.17) is 5.73 Å². The molecule has 0 aromatic heterocycles. The lowest BCUT2D eigenvalue weighted by Crippen LogP contribution is -2.47. The first-order valence-corrected chi connectivity index (χ1v) is 9.05. The number of hydrogen-bond donors (Lipinski definition) is 1. The molecule has 118 valence electrons. The summed E-state index contributed by atoms with van der Waals surface area (Å²) in [6, 6.07) is 1.57. The molecule has 0 bridgehead atoms. The maximum absolute atomic E-state index is 6.03. The second-order valence-electron chi connectivity index (χ2n) is 7.68. The standard InChI is InChI=1S/C18H36N2/c1-14(2)15-8-6-9-17(12-11-15)20(3)18-10-5-4-7-16(18)13-19/h14-18H,4-13,19H2,1-3H3. The first-order chi connectivity index (χ1) is 9.63. The van der Waals surface area contributed by atoms with Crippen LogP contribution in [-0.2, 0) is 0 Å². The van der Waals surface area contributed by atoms with E-state index in [1.54, 1.807) is 0 Å². The molecule has 0 amide bonds. The van der Waals surface area contributed by atoms with Gasteiger partial charge in [0.1, 0.15) is 0 Å². The third kappa shape index (κ3) is 3.98. The van der Waals surface area contributed by atoms with Crippen molar-refractivity contribution in [3.05, 3.63) is 0 Å². The molecule has 0 aromatic rings. The van der Waals surface area contributed by atoms with Crippen LogP contribution in [0.25, 0.3) is 0 Å². The molecular formula is C18H36N2. The summed E-state index contributed by atoms with van der Waals surface area (Å²) in [5.41, 5.74) is 6.03. The van der Waals surface area contributed by atoms with Gasteiger partial charge in [-0.3, -0.25) is 0 Å².